The maximum atomic E-state index is 12.9. The van der Waals surface area contributed by atoms with Crippen LogP contribution in [-0.2, 0) is 24.7 Å². The van der Waals surface area contributed by atoms with E-state index in [0.717, 1.165) is 48.9 Å². The summed E-state index contributed by atoms with van der Waals surface area (Å²) in [5, 5.41) is 1.46. The lowest BCUT2D eigenvalue weighted by Crippen LogP contribution is -2.42. The Labute approximate surface area is 168 Å². The molecule has 1 saturated carbocycles. The van der Waals surface area contributed by atoms with E-state index in [-0.39, 0.29) is 11.5 Å². The largest absolute Gasteiger partial charge is 0.339 e. The summed E-state index contributed by atoms with van der Waals surface area (Å²) in [4.78, 5) is 34.6. The molecule has 0 atom stereocenters. The smallest absolute Gasteiger partial charge is 0.262 e. The first-order valence-corrected chi connectivity index (χ1v) is 11.8. The number of aryl methyl sites for hydroxylation is 2. The molecule has 0 unspecified atom stereocenters. The van der Waals surface area contributed by atoms with E-state index in [4.69, 9.17) is 4.98 Å². The van der Waals surface area contributed by atoms with Crippen LogP contribution in [0.1, 0.15) is 55.9 Å². The van der Waals surface area contributed by atoms with Crippen molar-refractivity contribution < 1.29 is 4.79 Å². The van der Waals surface area contributed by atoms with Crippen LogP contribution in [0.3, 0.4) is 0 Å². The third-order valence-electron chi connectivity index (χ3n) is 5.91. The van der Waals surface area contributed by atoms with Gasteiger partial charge in [0.25, 0.3) is 5.56 Å². The van der Waals surface area contributed by atoms with Gasteiger partial charge in [-0.05, 0) is 44.6 Å². The summed E-state index contributed by atoms with van der Waals surface area (Å²) in [6.45, 7) is 2.82. The number of hydrogen-bond acceptors (Lipinski definition) is 5. The van der Waals surface area contributed by atoms with Gasteiger partial charge in [-0.1, -0.05) is 31.0 Å². The highest BCUT2D eigenvalue weighted by Gasteiger charge is 2.25. The van der Waals surface area contributed by atoms with Crippen molar-refractivity contribution in [2.75, 3.05) is 12.3 Å². The first-order chi connectivity index (χ1) is 13.1. The van der Waals surface area contributed by atoms with Crippen LogP contribution in [0.5, 0.6) is 0 Å². The fourth-order valence-corrected chi connectivity index (χ4v) is 6.64. The van der Waals surface area contributed by atoms with Crippen LogP contribution in [0.15, 0.2) is 9.95 Å². The number of carbonyl (C=O) groups is 1. The second-order valence-electron chi connectivity index (χ2n) is 7.56. The van der Waals surface area contributed by atoms with Gasteiger partial charge in [-0.3, -0.25) is 14.2 Å². The second kappa shape index (κ2) is 7.95. The third kappa shape index (κ3) is 3.56. The van der Waals surface area contributed by atoms with Crippen molar-refractivity contribution in [3.63, 3.8) is 0 Å². The van der Waals surface area contributed by atoms with Gasteiger partial charge in [0, 0.05) is 24.5 Å². The fourth-order valence-electron chi connectivity index (χ4n) is 4.47. The van der Waals surface area contributed by atoms with Crippen molar-refractivity contribution >= 4 is 39.2 Å². The summed E-state index contributed by atoms with van der Waals surface area (Å²) in [5.74, 6) is 0.513. The SMILES string of the molecule is CCN(C(=O)CSc1nc2sc3c(c2c(=O)n1C)CCC3)C1CCCCC1. The number of rotatable bonds is 5. The minimum atomic E-state index is 0.0361. The van der Waals surface area contributed by atoms with E-state index < -0.39 is 0 Å². The van der Waals surface area contributed by atoms with Crippen molar-refractivity contribution in [2.24, 2.45) is 7.05 Å². The molecule has 0 spiro atoms. The van der Waals surface area contributed by atoms with Crippen molar-refractivity contribution in [3.8, 4) is 0 Å². The Balaban J connectivity index is 1.52. The van der Waals surface area contributed by atoms with E-state index in [9.17, 15) is 9.59 Å². The number of hydrogen-bond donors (Lipinski definition) is 0. The molecular weight excluding hydrogens is 378 g/mol. The van der Waals surface area contributed by atoms with E-state index >= 15 is 0 Å². The minimum Gasteiger partial charge on any atom is -0.339 e. The Bertz CT molecular complexity index is 912. The lowest BCUT2D eigenvalue weighted by Gasteiger charge is -2.33. The molecule has 1 amide bonds. The van der Waals surface area contributed by atoms with Crippen LogP contribution in [0.4, 0.5) is 0 Å². The first kappa shape index (κ1) is 19.0. The zero-order valence-corrected chi connectivity index (χ0v) is 17.8. The second-order valence-corrected chi connectivity index (χ2v) is 9.58. The topological polar surface area (TPSA) is 55.2 Å². The number of thiophene rings is 1. The molecule has 2 aliphatic carbocycles. The maximum absolute atomic E-state index is 12.9. The molecule has 0 N–H and O–H groups in total. The predicted molar refractivity (Wildman–Crippen MR) is 112 cm³/mol. The molecule has 1 fully saturated rings. The van der Waals surface area contributed by atoms with Crippen LogP contribution in [0.2, 0.25) is 0 Å². The highest BCUT2D eigenvalue weighted by atomic mass is 32.2. The Morgan fingerprint density at radius 3 is 2.78 bits per heavy atom. The molecule has 0 bridgehead atoms. The molecule has 4 rings (SSSR count). The summed E-state index contributed by atoms with van der Waals surface area (Å²) >= 11 is 3.06. The molecule has 146 valence electrons. The van der Waals surface area contributed by atoms with Crippen LogP contribution >= 0.6 is 23.1 Å². The van der Waals surface area contributed by atoms with Gasteiger partial charge in [0.1, 0.15) is 4.83 Å². The summed E-state index contributed by atoms with van der Waals surface area (Å²) < 4.78 is 1.63. The highest BCUT2D eigenvalue weighted by Crippen LogP contribution is 2.35. The average molecular weight is 406 g/mol. The average Bonchev–Trinajstić information content (AvgIpc) is 3.25. The molecule has 0 aliphatic heterocycles. The molecule has 2 aliphatic rings. The normalized spacial score (nSPS) is 17.4. The highest BCUT2D eigenvalue weighted by molar-refractivity contribution is 7.99. The first-order valence-electron chi connectivity index (χ1n) is 10.0. The maximum Gasteiger partial charge on any atom is 0.262 e. The van der Waals surface area contributed by atoms with Crippen molar-refractivity contribution in [1.29, 1.82) is 0 Å². The van der Waals surface area contributed by atoms with Gasteiger partial charge in [-0.25, -0.2) is 4.98 Å². The Morgan fingerprint density at radius 1 is 1.26 bits per heavy atom. The van der Waals surface area contributed by atoms with Crippen LogP contribution < -0.4 is 5.56 Å². The molecule has 2 aromatic heterocycles. The van der Waals surface area contributed by atoms with Gasteiger partial charge in [0.2, 0.25) is 5.91 Å². The van der Waals surface area contributed by atoms with E-state index in [1.54, 1.807) is 23.0 Å². The number of amides is 1. The molecule has 2 heterocycles. The van der Waals surface area contributed by atoms with Gasteiger partial charge in [0.15, 0.2) is 5.16 Å². The minimum absolute atomic E-state index is 0.0361. The van der Waals surface area contributed by atoms with Gasteiger partial charge >= 0.3 is 0 Å². The van der Waals surface area contributed by atoms with Crippen LogP contribution in [0.25, 0.3) is 10.2 Å². The van der Waals surface area contributed by atoms with E-state index in [1.807, 2.05) is 4.90 Å². The third-order valence-corrected chi connectivity index (χ3v) is 8.11. The molecule has 0 radical (unpaired) electrons. The van der Waals surface area contributed by atoms with Crippen LogP contribution in [0, 0.1) is 0 Å². The Morgan fingerprint density at radius 2 is 2.04 bits per heavy atom. The zero-order valence-electron chi connectivity index (χ0n) is 16.1. The Hall–Kier alpha value is -1.34. The zero-order chi connectivity index (χ0) is 19.0. The standard InChI is InChI=1S/C20H27N3O2S2/c1-3-23(13-8-5-4-6-9-13)16(24)12-26-20-21-18-17(19(25)22(20)2)14-10-7-11-15(14)27-18/h13H,3-12H2,1-2H3. The molecule has 7 heteroatoms. The summed E-state index contributed by atoms with van der Waals surface area (Å²) in [6.07, 6.45) is 9.15. The number of aromatic nitrogens is 2. The molecule has 5 nitrogen and oxygen atoms in total. The predicted octanol–water partition coefficient (Wildman–Crippen LogP) is 3.76. The monoisotopic (exact) mass is 405 g/mol. The Kier molecular flexibility index (Phi) is 5.60. The van der Waals surface area contributed by atoms with Gasteiger partial charge in [-0.15, -0.1) is 11.3 Å². The van der Waals surface area contributed by atoms with Gasteiger partial charge in [-0.2, -0.15) is 0 Å². The van der Waals surface area contributed by atoms with Crippen molar-refractivity contribution in [1.82, 2.24) is 14.5 Å². The van der Waals surface area contributed by atoms with Gasteiger partial charge < -0.3 is 4.90 Å². The lowest BCUT2D eigenvalue weighted by atomic mass is 9.94. The number of thioether (sulfide) groups is 1. The molecule has 2 aromatic rings. The van der Waals surface area contributed by atoms with Crippen LogP contribution in [-0.4, -0.2) is 38.7 Å². The van der Waals surface area contributed by atoms with E-state index in [1.165, 1.54) is 41.5 Å². The molecule has 0 aromatic carbocycles. The number of nitrogens with zero attached hydrogens (tertiary/aromatic N) is 3. The summed E-state index contributed by atoms with van der Waals surface area (Å²) in [6, 6.07) is 0.386. The van der Waals surface area contributed by atoms with Crippen molar-refractivity contribution in [2.45, 2.75) is 69.5 Å². The fraction of sp³-hybridized carbons (Fsp3) is 0.650. The summed E-state index contributed by atoms with van der Waals surface area (Å²) in [5.41, 5.74) is 1.25. The summed E-state index contributed by atoms with van der Waals surface area (Å²) in [7, 11) is 1.78. The number of carbonyl (C=O) groups excluding carboxylic acids is 1. The molecular formula is C20H27N3O2S2. The quantitative estimate of drug-likeness (QED) is 0.561. The molecule has 27 heavy (non-hydrogen) atoms. The molecule has 0 saturated heterocycles. The van der Waals surface area contributed by atoms with Gasteiger partial charge in [0.05, 0.1) is 11.1 Å². The lowest BCUT2D eigenvalue weighted by molar-refractivity contribution is -0.131. The van der Waals surface area contributed by atoms with Crippen molar-refractivity contribution in [3.05, 3.63) is 20.8 Å². The number of fused-ring (bicyclic) bond motifs is 3. The van der Waals surface area contributed by atoms with E-state index in [2.05, 4.69) is 6.92 Å². The van der Waals surface area contributed by atoms with E-state index in [0.29, 0.717) is 17.0 Å².